The Kier molecular flexibility index (Phi) is 7.50. The van der Waals surface area contributed by atoms with E-state index in [0.717, 1.165) is 31.1 Å². The van der Waals surface area contributed by atoms with Gasteiger partial charge in [0.2, 0.25) is 5.95 Å². The average Bonchev–Trinajstić information content (AvgIpc) is 2.88. The van der Waals surface area contributed by atoms with Crippen LogP contribution in [0.5, 0.6) is 0 Å². The van der Waals surface area contributed by atoms with Crippen molar-refractivity contribution in [1.29, 1.82) is 5.26 Å². The van der Waals surface area contributed by atoms with E-state index in [4.69, 9.17) is 16.3 Å². The number of hydrogen-bond donors (Lipinski definition) is 3. The van der Waals surface area contributed by atoms with E-state index in [1.807, 2.05) is 45.0 Å². The Balaban J connectivity index is 1.05. The van der Waals surface area contributed by atoms with Gasteiger partial charge in [0.25, 0.3) is 0 Å². The summed E-state index contributed by atoms with van der Waals surface area (Å²) < 4.78 is 5.53. The molecule has 1 saturated heterocycles. The molecule has 7 rings (SSSR count). The number of ether oxygens (including phenoxy) is 1. The first-order valence-electron chi connectivity index (χ1n) is 14.8. The number of aromatic nitrogens is 2. The first-order chi connectivity index (χ1) is 19.6. The molecule has 2 heterocycles. The van der Waals surface area contributed by atoms with Crippen molar-refractivity contribution in [3.63, 3.8) is 0 Å². The smallest absolute Gasteiger partial charge is 0.410 e. The Bertz CT molecular complexity index is 1320. The molecule has 5 atom stereocenters. The molecule has 41 heavy (non-hydrogen) atoms. The average molecular weight is 578 g/mol. The third kappa shape index (κ3) is 6.09. The van der Waals surface area contributed by atoms with Crippen molar-refractivity contribution in [2.24, 2.45) is 23.2 Å². The van der Waals surface area contributed by atoms with E-state index in [2.05, 4.69) is 32.0 Å². The molecule has 10 heteroatoms. The van der Waals surface area contributed by atoms with E-state index in [0.29, 0.717) is 52.8 Å². The second-order valence-electron chi connectivity index (χ2n) is 13.6. The highest BCUT2D eigenvalue weighted by Gasteiger charge is 2.55. The third-order valence-electron chi connectivity index (χ3n) is 9.30. The highest BCUT2D eigenvalue weighted by atomic mass is 35.5. The Morgan fingerprint density at radius 3 is 2.59 bits per heavy atom. The molecule has 3 N–H and O–H groups in total. The largest absolute Gasteiger partial charge is 0.444 e. The Morgan fingerprint density at radius 2 is 1.90 bits per heavy atom. The summed E-state index contributed by atoms with van der Waals surface area (Å²) in [6.45, 7) is 8.48. The second kappa shape index (κ2) is 11.0. The summed E-state index contributed by atoms with van der Waals surface area (Å²) in [4.78, 5) is 23.2. The summed E-state index contributed by atoms with van der Waals surface area (Å²) in [5, 5.41) is 21.2. The first-order valence-corrected chi connectivity index (χ1v) is 15.2. The lowest BCUT2D eigenvalue weighted by atomic mass is 9.48. The number of nitrogens with one attached hydrogen (secondary N) is 3. The lowest BCUT2D eigenvalue weighted by Gasteiger charge is -2.61. The number of rotatable bonds is 8. The normalized spacial score (nSPS) is 28.6. The molecular weight excluding hydrogens is 538 g/mol. The topological polar surface area (TPSA) is 115 Å². The maximum Gasteiger partial charge on any atom is 0.410 e. The Hall–Kier alpha value is -3.09. The van der Waals surface area contributed by atoms with E-state index >= 15 is 0 Å². The molecule has 1 aromatic carbocycles. The van der Waals surface area contributed by atoms with Gasteiger partial charge in [0.1, 0.15) is 23.1 Å². The number of halogens is 1. The molecule has 1 aromatic heterocycles. The predicted octanol–water partition coefficient (Wildman–Crippen LogP) is 5.43. The minimum absolute atomic E-state index is 0.214. The number of nitrogens with zero attached hydrogens (tertiary/aromatic N) is 4. The Morgan fingerprint density at radius 1 is 1.17 bits per heavy atom. The standard InChI is InChI=1S/C31H40ClN7O2/c1-30(2,3)41-29(40)39-16-24(17-39)37-26-21-8-19-9-22(26)12-31(10-19,11-21)18-36-27-23(13-33)15-35-28(38-27)34-14-20-6-4-5-7-25(20)32/h4-7,15,19,21-22,24,26,37H,8-12,14,16-18H2,1-3H3,(H2,34,35,36,38)/t19?,21-,22+,26-,31-. The van der Waals surface area contributed by atoms with Gasteiger partial charge in [0, 0.05) is 43.3 Å². The van der Waals surface area contributed by atoms with Crippen molar-refractivity contribution in [1.82, 2.24) is 20.2 Å². The van der Waals surface area contributed by atoms with Gasteiger partial charge in [-0.3, -0.25) is 0 Å². The van der Waals surface area contributed by atoms with Crippen LogP contribution in [0.2, 0.25) is 5.02 Å². The fourth-order valence-electron chi connectivity index (χ4n) is 7.78. The van der Waals surface area contributed by atoms with Gasteiger partial charge in [-0.1, -0.05) is 29.8 Å². The van der Waals surface area contributed by atoms with Gasteiger partial charge >= 0.3 is 6.09 Å². The molecule has 5 aliphatic rings. The fraction of sp³-hybridized carbons (Fsp3) is 0.613. The second-order valence-corrected chi connectivity index (χ2v) is 14.0. The number of nitriles is 1. The number of carbonyl (C=O) groups is 1. The van der Waals surface area contributed by atoms with E-state index in [1.54, 1.807) is 11.1 Å². The molecule has 1 amide bonds. The van der Waals surface area contributed by atoms with Gasteiger partial charge in [-0.15, -0.1) is 0 Å². The maximum absolute atomic E-state index is 12.4. The van der Waals surface area contributed by atoms with Crippen molar-refractivity contribution in [3.05, 3.63) is 46.6 Å². The molecule has 0 spiro atoms. The van der Waals surface area contributed by atoms with Crippen molar-refractivity contribution < 1.29 is 9.53 Å². The molecule has 4 bridgehead atoms. The summed E-state index contributed by atoms with van der Waals surface area (Å²) in [6, 6.07) is 10.8. The van der Waals surface area contributed by atoms with E-state index in [9.17, 15) is 10.1 Å². The summed E-state index contributed by atoms with van der Waals surface area (Å²) in [7, 11) is 0. The number of amides is 1. The van der Waals surface area contributed by atoms with Crippen LogP contribution in [0.15, 0.2) is 30.5 Å². The first kappa shape index (κ1) is 28.0. The van der Waals surface area contributed by atoms with E-state index in [-0.39, 0.29) is 11.5 Å². The van der Waals surface area contributed by atoms with Crippen LogP contribution in [0.3, 0.4) is 0 Å². The molecular formula is C31H40ClN7O2. The zero-order valence-electron chi connectivity index (χ0n) is 24.1. The van der Waals surface area contributed by atoms with Gasteiger partial charge in [0.05, 0.1) is 6.20 Å². The van der Waals surface area contributed by atoms with Gasteiger partial charge < -0.3 is 25.6 Å². The summed E-state index contributed by atoms with van der Waals surface area (Å²) in [5.41, 5.74) is 1.18. The zero-order chi connectivity index (χ0) is 28.8. The maximum atomic E-state index is 12.4. The minimum atomic E-state index is -0.465. The highest BCUT2D eigenvalue weighted by molar-refractivity contribution is 6.31. The lowest BCUT2D eigenvalue weighted by molar-refractivity contribution is -0.0776. The molecule has 2 aromatic rings. The summed E-state index contributed by atoms with van der Waals surface area (Å²) in [6.07, 6.45) is 7.53. The van der Waals surface area contributed by atoms with Crippen LogP contribution >= 0.6 is 11.6 Å². The van der Waals surface area contributed by atoms with Crippen LogP contribution in [-0.2, 0) is 11.3 Å². The summed E-state index contributed by atoms with van der Waals surface area (Å²) >= 11 is 6.30. The SMILES string of the molecule is CC(C)(C)OC(=O)N1CC(N[C@@H]2[C@@H]3CC4C[C@H]2C[C@@](CNc2nc(NCc5ccccc5Cl)ncc2C#N)(C4)C3)C1. The molecule has 1 aliphatic heterocycles. The summed E-state index contributed by atoms with van der Waals surface area (Å²) in [5.74, 6) is 3.12. The van der Waals surface area contributed by atoms with Gasteiger partial charge in [0.15, 0.2) is 0 Å². The fourth-order valence-corrected chi connectivity index (χ4v) is 7.99. The zero-order valence-corrected chi connectivity index (χ0v) is 24.9. The minimum Gasteiger partial charge on any atom is -0.444 e. The highest BCUT2D eigenvalue weighted by Crippen LogP contribution is 2.60. The van der Waals surface area contributed by atoms with Crippen molar-refractivity contribution in [3.8, 4) is 6.07 Å². The van der Waals surface area contributed by atoms with Gasteiger partial charge in [-0.05, 0) is 87.7 Å². The quantitative estimate of drug-likeness (QED) is 0.380. The van der Waals surface area contributed by atoms with Gasteiger partial charge in [-0.25, -0.2) is 9.78 Å². The van der Waals surface area contributed by atoms with Crippen LogP contribution < -0.4 is 16.0 Å². The van der Waals surface area contributed by atoms with Gasteiger partial charge in [-0.2, -0.15) is 10.2 Å². The number of hydrogen-bond acceptors (Lipinski definition) is 8. The lowest BCUT2D eigenvalue weighted by Crippen LogP contribution is -2.67. The van der Waals surface area contributed by atoms with Crippen LogP contribution in [0.1, 0.15) is 64.0 Å². The van der Waals surface area contributed by atoms with Crippen molar-refractivity contribution >= 4 is 29.5 Å². The number of carbonyl (C=O) groups excluding carboxylic acids is 1. The van der Waals surface area contributed by atoms with Crippen LogP contribution in [0.4, 0.5) is 16.6 Å². The monoisotopic (exact) mass is 577 g/mol. The molecule has 5 fully saturated rings. The molecule has 4 saturated carbocycles. The third-order valence-corrected chi connectivity index (χ3v) is 9.66. The van der Waals surface area contributed by atoms with Crippen LogP contribution in [-0.4, -0.2) is 58.3 Å². The molecule has 4 aliphatic carbocycles. The molecule has 9 nitrogen and oxygen atoms in total. The van der Waals surface area contributed by atoms with Crippen molar-refractivity contribution in [2.75, 3.05) is 30.3 Å². The Labute approximate surface area is 247 Å². The number of anilines is 2. The molecule has 1 unspecified atom stereocenters. The predicted molar refractivity (Wildman–Crippen MR) is 159 cm³/mol. The van der Waals surface area contributed by atoms with Crippen LogP contribution in [0.25, 0.3) is 0 Å². The number of likely N-dealkylation sites (tertiary alicyclic amines) is 1. The molecule has 218 valence electrons. The van der Waals surface area contributed by atoms with E-state index < -0.39 is 5.60 Å². The van der Waals surface area contributed by atoms with Crippen molar-refractivity contribution in [2.45, 2.75) is 77.1 Å². The van der Waals surface area contributed by atoms with E-state index in [1.165, 1.54) is 32.1 Å². The molecule has 0 radical (unpaired) electrons. The van der Waals surface area contributed by atoms with Crippen LogP contribution in [0, 0.1) is 34.5 Å². The number of benzene rings is 1.